The molecule has 1 rings (SSSR count). The van der Waals surface area contributed by atoms with Gasteiger partial charge in [0, 0.05) is 13.7 Å². The van der Waals surface area contributed by atoms with Crippen molar-refractivity contribution in [2.75, 3.05) is 25.6 Å². The molecular weight excluding hydrogens is 248 g/mol. The van der Waals surface area contributed by atoms with Gasteiger partial charge >= 0.3 is 5.69 Å². The Morgan fingerprint density at radius 2 is 2.35 bits per heavy atom. The number of nitrogens with one attached hydrogen (secondary N) is 1. The van der Waals surface area contributed by atoms with Gasteiger partial charge in [-0.2, -0.15) is 0 Å². The summed E-state index contributed by atoms with van der Waals surface area (Å²) in [7, 11) is 1.60. The van der Waals surface area contributed by atoms with Gasteiger partial charge in [-0.3, -0.25) is 10.1 Å². The minimum absolute atomic E-state index is 0.123. The lowest BCUT2D eigenvalue weighted by molar-refractivity contribution is -0.384. The van der Waals surface area contributed by atoms with Crippen molar-refractivity contribution in [1.82, 2.24) is 9.97 Å². The van der Waals surface area contributed by atoms with E-state index < -0.39 is 4.92 Å². The van der Waals surface area contributed by atoms with Crippen molar-refractivity contribution in [1.29, 1.82) is 0 Å². The molecule has 8 heteroatoms. The maximum absolute atomic E-state index is 10.8. The topological polar surface area (TPSA) is 90.2 Å². The lowest BCUT2D eigenvalue weighted by Crippen LogP contribution is -2.17. The van der Waals surface area contributed by atoms with Crippen molar-refractivity contribution in [3.63, 3.8) is 0 Å². The molecule has 1 heterocycles. The van der Waals surface area contributed by atoms with E-state index in [2.05, 4.69) is 15.3 Å². The summed E-state index contributed by atoms with van der Waals surface area (Å²) in [6, 6.07) is 0. The van der Waals surface area contributed by atoms with Crippen LogP contribution in [0.15, 0.2) is 6.33 Å². The van der Waals surface area contributed by atoms with Crippen LogP contribution in [0.25, 0.3) is 0 Å². The zero-order chi connectivity index (χ0) is 12.8. The van der Waals surface area contributed by atoms with E-state index in [4.69, 9.17) is 16.3 Å². The van der Waals surface area contributed by atoms with Gasteiger partial charge in [0.1, 0.15) is 6.33 Å². The third-order valence-electron chi connectivity index (χ3n) is 2.03. The third-order valence-corrected chi connectivity index (χ3v) is 2.31. The molecule has 0 aliphatic rings. The maximum atomic E-state index is 10.8. The summed E-state index contributed by atoms with van der Waals surface area (Å²) in [5.41, 5.74) is -0.307. The molecule has 0 spiro atoms. The fraction of sp³-hybridized carbons (Fsp3) is 0.556. The highest BCUT2D eigenvalue weighted by Gasteiger charge is 2.21. The number of rotatable bonds is 6. The largest absolute Gasteiger partial charge is 0.384 e. The SMILES string of the molecule is COCC(C)CNc1ncnc(Cl)c1[N+](=O)[O-]. The molecule has 0 saturated heterocycles. The normalized spacial score (nSPS) is 12.2. The summed E-state index contributed by atoms with van der Waals surface area (Å²) >= 11 is 5.64. The molecule has 1 aromatic heterocycles. The average molecular weight is 261 g/mol. The molecule has 0 aliphatic carbocycles. The Balaban J connectivity index is 2.77. The number of aromatic nitrogens is 2. The molecule has 7 nitrogen and oxygen atoms in total. The fourth-order valence-corrected chi connectivity index (χ4v) is 1.46. The molecule has 1 unspecified atom stereocenters. The van der Waals surface area contributed by atoms with Gasteiger partial charge in [-0.15, -0.1) is 0 Å². The van der Waals surface area contributed by atoms with Gasteiger partial charge in [0.05, 0.1) is 11.5 Å². The fourth-order valence-electron chi connectivity index (χ4n) is 1.26. The standard InChI is InChI=1S/C9H13ClN4O3/c1-6(4-17-2)3-11-9-7(14(15)16)8(10)12-5-13-9/h5-6H,3-4H2,1-2H3,(H,11,12,13). The van der Waals surface area contributed by atoms with Crippen LogP contribution >= 0.6 is 11.6 Å². The van der Waals surface area contributed by atoms with Crippen LogP contribution in [0.2, 0.25) is 5.15 Å². The summed E-state index contributed by atoms with van der Waals surface area (Å²) in [6.45, 7) is 3.01. The van der Waals surface area contributed by atoms with Crippen molar-refractivity contribution in [2.45, 2.75) is 6.92 Å². The molecule has 17 heavy (non-hydrogen) atoms. The molecule has 0 fully saturated rings. The zero-order valence-corrected chi connectivity index (χ0v) is 10.3. The second kappa shape index (κ2) is 6.31. The van der Waals surface area contributed by atoms with E-state index in [1.165, 1.54) is 6.33 Å². The quantitative estimate of drug-likeness (QED) is 0.476. The Labute approximate surface area is 103 Å². The molecule has 1 aromatic rings. The minimum atomic E-state index is -0.606. The van der Waals surface area contributed by atoms with Gasteiger partial charge in [-0.1, -0.05) is 18.5 Å². The molecule has 94 valence electrons. The van der Waals surface area contributed by atoms with Crippen molar-refractivity contribution in [3.05, 3.63) is 21.6 Å². The molecular formula is C9H13ClN4O3. The van der Waals surface area contributed by atoms with Crippen LogP contribution in [0, 0.1) is 16.0 Å². The third kappa shape index (κ3) is 3.79. The average Bonchev–Trinajstić information content (AvgIpc) is 2.26. The molecule has 0 saturated carbocycles. The van der Waals surface area contributed by atoms with E-state index in [9.17, 15) is 10.1 Å². The Bertz CT molecular complexity index is 402. The minimum Gasteiger partial charge on any atom is -0.384 e. The molecule has 0 aromatic carbocycles. The van der Waals surface area contributed by atoms with Crippen LogP contribution in [-0.2, 0) is 4.74 Å². The lowest BCUT2D eigenvalue weighted by atomic mass is 10.2. The van der Waals surface area contributed by atoms with E-state index in [1.54, 1.807) is 7.11 Å². The molecule has 1 atom stereocenters. The van der Waals surface area contributed by atoms with Gasteiger partial charge in [0.15, 0.2) is 0 Å². The van der Waals surface area contributed by atoms with Gasteiger partial charge in [-0.25, -0.2) is 9.97 Å². The van der Waals surface area contributed by atoms with E-state index >= 15 is 0 Å². The summed E-state index contributed by atoms with van der Waals surface area (Å²) in [5.74, 6) is 0.325. The van der Waals surface area contributed by atoms with E-state index in [0.29, 0.717) is 13.2 Å². The van der Waals surface area contributed by atoms with Crippen molar-refractivity contribution in [3.8, 4) is 0 Å². The number of hydrogen-bond donors (Lipinski definition) is 1. The predicted octanol–water partition coefficient (Wildman–Crippen LogP) is 1.73. The Morgan fingerprint density at radius 1 is 1.65 bits per heavy atom. The maximum Gasteiger partial charge on any atom is 0.348 e. The number of ether oxygens (including phenoxy) is 1. The van der Waals surface area contributed by atoms with Crippen molar-refractivity contribution < 1.29 is 9.66 Å². The number of methoxy groups -OCH3 is 1. The van der Waals surface area contributed by atoms with E-state index in [1.807, 2.05) is 6.92 Å². The molecule has 1 N–H and O–H groups in total. The summed E-state index contributed by atoms with van der Waals surface area (Å²) in [6.07, 6.45) is 1.18. The van der Waals surface area contributed by atoms with Crippen molar-refractivity contribution in [2.24, 2.45) is 5.92 Å². The monoisotopic (exact) mass is 260 g/mol. The highest BCUT2D eigenvalue weighted by molar-refractivity contribution is 6.31. The summed E-state index contributed by atoms with van der Waals surface area (Å²) < 4.78 is 4.96. The highest BCUT2D eigenvalue weighted by Crippen LogP contribution is 2.28. The second-order valence-electron chi connectivity index (χ2n) is 3.56. The number of hydrogen-bond acceptors (Lipinski definition) is 6. The van der Waals surface area contributed by atoms with Gasteiger partial charge in [-0.05, 0) is 5.92 Å². The number of anilines is 1. The first-order chi connectivity index (χ1) is 8.06. The first-order valence-corrected chi connectivity index (χ1v) is 5.31. The number of nitrogens with zero attached hydrogens (tertiary/aromatic N) is 3. The van der Waals surface area contributed by atoms with Gasteiger partial charge in [0.25, 0.3) is 0 Å². The summed E-state index contributed by atoms with van der Waals surface area (Å²) in [4.78, 5) is 17.6. The first kappa shape index (κ1) is 13.6. The molecule has 0 bridgehead atoms. The molecule has 0 radical (unpaired) electrons. The lowest BCUT2D eigenvalue weighted by Gasteiger charge is -2.11. The number of halogens is 1. The van der Waals surface area contributed by atoms with Crippen molar-refractivity contribution >= 4 is 23.1 Å². The molecule has 0 aliphatic heterocycles. The van der Waals surface area contributed by atoms with Gasteiger partial charge in [0.2, 0.25) is 11.0 Å². The Morgan fingerprint density at radius 3 is 2.94 bits per heavy atom. The second-order valence-corrected chi connectivity index (χ2v) is 3.92. The van der Waals surface area contributed by atoms with Crippen LogP contribution in [0.4, 0.5) is 11.5 Å². The van der Waals surface area contributed by atoms with Gasteiger partial charge < -0.3 is 10.1 Å². The van der Waals surface area contributed by atoms with E-state index in [-0.39, 0.29) is 22.6 Å². The van der Waals surface area contributed by atoms with Crippen LogP contribution < -0.4 is 5.32 Å². The highest BCUT2D eigenvalue weighted by atomic mass is 35.5. The first-order valence-electron chi connectivity index (χ1n) is 4.94. The predicted molar refractivity (Wildman–Crippen MR) is 63.2 cm³/mol. The Hall–Kier alpha value is -1.47. The van der Waals surface area contributed by atoms with Crippen LogP contribution in [-0.4, -0.2) is 35.2 Å². The van der Waals surface area contributed by atoms with Crippen LogP contribution in [0.3, 0.4) is 0 Å². The van der Waals surface area contributed by atoms with Crippen LogP contribution in [0.5, 0.6) is 0 Å². The molecule has 0 amide bonds. The van der Waals surface area contributed by atoms with Crippen LogP contribution in [0.1, 0.15) is 6.92 Å². The smallest absolute Gasteiger partial charge is 0.348 e. The van der Waals surface area contributed by atoms with E-state index in [0.717, 1.165) is 0 Å². The zero-order valence-electron chi connectivity index (χ0n) is 9.51. The summed E-state index contributed by atoms with van der Waals surface area (Å²) in [5, 5.41) is 13.5. The number of nitro groups is 1. The Kier molecular flexibility index (Phi) is 5.05.